The van der Waals surface area contributed by atoms with Crippen LogP contribution in [0.5, 0.6) is 0 Å². The molecule has 4 aromatic rings. The fourth-order valence-electron chi connectivity index (χ4n) is 3.84. The smallest absolute Gasteiger partial charge is 0.225 e. The molecule has 0 aliphatic carbocycles. The highest BCUT2D eigenvalue weighted by Gasteiger charge is 2.19. The Labute approximate surface area is 212 Å². The summed E-state index contributed by atoms with van der Waals surface area (Å²) < 4.78 is 29.5. The van der Waals surface area contributed by atoms with E-state index in [1.807, 2.05) is 4.57 Å². The van der Waals surface area contributed by atoms with Crippen LogP contribution in [0.2, 0.25) is 10.0 Å². The molecule has 0 unspecified atom stereocenters. The molecule has 6 nitrogen and oxygen atoms in total. The fourth-order valence-corrected chi connectivity index (χ4v) is 4.41. The number of aromatic nitrogens is 4. The Morgan fingerprint density at radius 1 is 1.00 bits per heavy atom. The Morgan fingerprint density at radius 3 is 2.57 bits per heavy atom. The molecule has 0 spiro atoms. The highest BCUT2D eigenvalue weighted by atomic mass is 35.5. The Kier molecular flexibility index (Phi) is 8.49. The standard InChI is InChI=1S/C25H26Cl2F2N6/c1-2-30-11-4-3-5-12-35-23-21(33-24(35)22-18(26)7-6-8-19(22)27)15-32-25(34-23)31-14-16-13-17(28)9-10-20(16)29/h6-10,13,15,30H,2-5,11-12,14H2,1H3,(H,31,32,34). The summed E-state index contributed by atoms with van der Waals surface area (Å²) >= 11 is 13.0. The second-order valence-corrected chi connectivity index (χ2v) is 8.90. The van der Waals surface area contributed by atoms with E-state index in [1.54, 1.807) is 24.4 Å². The van der Waals surface area contributed by atoms with Crippen molar-refractivity contribution in [2.75, 3.05) is 18.4 Å². The van der Waals surface area contributed by atoms with Crippen LogP contribution >= 0.6 is 23.2 Å². The minimum atomic E-state index is -0.506. The largest absolute Gasteiger partial charge is 0.350 e. The van der Waals surface area contributed by atoms with Crippen molar-refractivity contribution in [2.45, 2.75) is 39.3 Å². The Morgan fingerprint density at radius 2 is 1.80 bits per heavy atom. The van der Waals surface area contributed by atoms with Gasteiger partial charge < -0.3 is 15.2 Å². The zero-order valence-electron chi connectivity index (χ0n) is 19.3. The van der Waals surface area contributed by atoms with Gasteiger partial charge in [-0.2, -0.15) is 4.98 Å². The number of rotatable bonds is 11. The number of nitrogens with zero attached hydrogens (tertiary/aromatic N) is 4. The van der Waals surface area contributed by atoms with Gasteiger partial charge in [0.15, 0.2) is 5.65 Å². The first-order chi connectivity index (χ1) is 17.0. The molecule has 2 aromatic carbocycles. The molecule has 0 aliphatic rings. The van der Waals surface area contributed by atoms with Crippen molar-refractivity contribution in [3.05, 3.63) is 69.8 Å². The van der Waals surface area contributed by atoms with Gasteiger partial charge >= 0.3 is 0 Å². The number of hydrogen-bond acceptors (Lipinski definition) is 5. The molecule has 2 aromatic heterocycles. The van der Waals surface area contributed by atoms with Crippen LogP contribution in [0.3, 0.4) is 0 Å². The van der Waals surface area contributed by atoms with Crippen LogP contribution in [0.4, 0.5) is 14.7 Å². The lowest BCUT2D eigenvalue weighted by Gasteiger charge is -2.12. The number of fused-ring (bicyclic) bond motifs is 1. The third-order valence-corrected chi connectivity index (χ3v) is 6.23. The summed E-state index contributed by atoms with van der Waals surface area (Å²) in [5.41, 5.74) is 2.02. The van der Waals surface area contributed by atoms with Crippen molar-refractivity contribution in [2.24, 2.45) is 0 Å². The molecule has 0 saturated carbocycles. The number of halogens is 4. The number of aryl methyl sites for hydroxylation is 1. The summed E-state index contributed by atoms with van der Waals surface area (Å²) in [5.74, 6) is -0.109. The molecule has 10 heteroatoms. The van der Waals surface area contributed by atoms with Gasteiger partial charge in [0.1, 0.15) is 23.0 Å². The van der Waals surface area contributed by atoms with Crippen molar-refractivity contribution in [1.82, 2.24) is 24.8 Å². The second-order valence-electron chi connectivity index (χ2n) is 8.09. The topological polar surface area (TPSA) is 67.7 Å². The summed E-state index contributed by atoms with van der Waals surface area (Å²) in [6.07, 6.45) is 4.59. The fraction of sp³-hybridized carbons (Fsp3) is 0.320. The Bertz CT molecular complexity index is 1290. The van der Waals surface area contributed by atoms with E-state index in [0.29, 0.717) is 39.1 Å². The highest BCUT2D eigenvalue weighted by Crippen LogP contribution is 2.35. The van der Waals surface area contributed by atoms with Gasteiger partial charge in [0.25, 0.3) is 0 Å². The molecule has 2 N–H and O–H groups in total. The van der Waals surface area contributed by atoms with Gasteiger partial charge in [-0.25, -0.2) is 18.7 Å². The SMILES string of the molecule is CCNCCCCCn1c(-c2c(Cl)cccc2Cl)nc2cnc(NCc3cc(F)ccc3F)nc21. The highest BCUT2D eigenvalue weighted by molar-refractivity contribution is 6.39. The summed E-state index contributed by atoms with van der Waals surface area (Å²) in [7, 11) is 0. The maximum atomic E-state index is 14.0. The van der Waals surface area contributed by atoms with Crippen molar-refractivity contribution in [3.8, 4) is 11.4 Å². The van der Waals surface area contributed by atoms with Gasteiger partial charge in [0.2, 0.25) is 5.95 Å². The second kappa shape index (κ2) is 11.7. The summed E-state index contributed by atoms with van der Waals surface area (Å²) in [6.45, 7) is 4.71. The van der Waals surface area contributed by atoms with Crippen LogP contribution in [0.1, 0.15) is 31.7 Å². The first-order valence-corrected chi connectivity index (χ1v) is 12.3. The van der Waals surface area contributed by atoms with E-state index in [4.69, 9.17) is 28.2 Å². The summed E-state index contributed by atoms with van der Waals surface area (Å²) in [5, 5.41) is 7.30. The number of benzene rings is 2. The van der Waals surface area contributed by atoms with Crippen LogP contribution < -0.4 is 10.6 Å². The summed E-state index contributed by atoms with van der Waals surface area (Å²) in [6, 6.07) is 8.66. The van der Waals surface area contributed by atoms with E-state index >= 15 is 0 Å². The maximum absolute atomic E-state index is 14.0. The van der Waals surface area contributed by atoms with E-state index in [2.05, 4.69) is 27.5 Å². The molecule has 0 amide bonds. The molecule has 0 aliphatic heterocycles. The molecule has 4 rings (SSSR count). The van der Waals surface area contributed by atoms with Crippen LogP contribution in [-0.2, 0) is 13.1 Å². The molecule has 35 heavy (non-hydrogen) atoms. The van der Waals surface area contributed by atoms with Crippen LogP contribution in [-0.4, -0.2) is 32.6 Å². The first-order valence-electron chi connectivity index (χ1n) is 11.5. The molecular formula is C25H26Cl2F2N6. The van der Waals surface area contributed by atoms with Crippen LogP contribution in [0.25, 0.3) is 22.6 Å². The van der Waals surface area contributed by atoms with E-state index in [1.165, 1.54) is 0 Å². The number of imidazole rings is 1. The molecular weight excluding hydrogens is 493 g/mol. The minimum absolute atomic E-state index is 0.0386. The lowest BCUT2D eigenvalue weighted by atomic mass is 10.2. The quantitative estimate of drug-likeness (QED) is 0.222. The molecule has 0 saturated heterocycles. The van der Waals surface area contributed by atoms with Crippen molar-refractivity contribution in [3.63, 3.8) is 0 Å². The first kappa shape index (κ1) is 25.3. The maximum Gasteiger partial charge on any atom is 0.225 e. The number of hydrogen-bond donors (Lipinski definition) is 2. The van der Waals surface area contributed by atoms with Gasteiger partial charge in [-0.05, 0) is 56.3 Å². The lowest BCUT2D eigenvalue weighted by molar-refractivity contribution is 0.572. The van der Waals surface area contributed by atoms with Gasteiger partial charge in [-0.1, -0.05) is 42.6 Å². The molecule has 0 atom stereocenters. The number of nitrogens with one attached hydrogen (secondary N) is 2. The normalized spacial score (nSPS) is 11.3. The van der Waals surface area contributed by atoms with Crippen molar-refractivity contribution in [1.29, 1.82) is 0 Å². The van der Waals surface area contributed by atoms with Crippen molar-refractivity contribution >= 4 is 40.3 Å². The average molecular weight is 519 g/mol. The van der Waals surface area contributed by atoms with Crippen LogP contribution in [0, 0.1) is 11.6 Å². The Balaban J connectivity index is 1.64. The zero-order valence-corrected chi connectivity index (χ0v) is 20.8. The van der Waals surface area contributed by atoms with E-state index in [-0.39, 0.29) is 18.1 Å². The zero-order chi connectivity index (χ0) is 24.8. The van der Waals surface area contributed by atoms with Crippen LogP contribution in [0.15, 0.2) is 42.6 Å². The lowest BCUT2D eigenvalue weighted by Crippen LogP contribution is -2.14. The van der Waals surface area contributed by atoms with E-state index in [0.717, 1.165) is 50.6 Å². The minimum Gasteiger partial charge on any atom is -0.350 e. The van der Waals surface area contributed by atoms with Crippen molar-refractivity contribution < 1.29 is 8.78 Å². The van der Waals surface area contributed by atoms with Gasteiger partial charge in [-0.3, -0.25) is 0 Å². The number of anilines is 1. The molecule has 0 radical (unpaired) electrons. The third-order valence-electron chi connectivity index (χ3n) is 5.60. The third kappa shape index (κ3) is 6.07. The number of unbranched alkanes of at least 4 members (excludes halogenated alkanes) is 2. The Hall–Kier alpha value is -2.81. The van der Waals surface area contributed by atoms with E-state index < -0.39 is 11.6 Å². The molecule has 0 bridgehead atoms. The van der Waals surface area contributed by atoms with Gasteiger partial charge in [0, 0.05) is 18.7 Å². The molecule has 0 fully saturated rings. The summed E-state index contributed by atoms with van der Waals surface area (Å²) in [4.78, 5) is 13.7. The van der Waals surface area contributed by atoms with E-state index in [9.17, 15) is 8.78 Å². The molecule has 2 heterocycles. The molecule has 184 valence electrons. The predicted molar refractivity (Wildman–Crippen MR) is 137 cm³/mol. The van der Waals surface area contributed by atoms with Gasteiger partial charge in [-0.15, -0.1) is 0 Å². The predicted octanol–water partition coefficient (Wildman–Crippen LogP) is 6.47. The average Bonchev–Trinajstić information content (AvgIpc) is 3.19. The van der Waals surface area contributed by atoms with Gasteiger partial charge in [0.05, 0.1) is 21.8 Å². The monoisotopic (exact) mass is 518 g/mol.